The maximum atomic E-state index is 13.6. The van der Waals surface area contributed by atoms with Gasteiger partial charge in [0.05, 0.1) is 16.6 Å². The van der Waals surface area contributed by atoms with Crippen LogP contribution in [0, 0.1) is 17.3 Å². The number of likely N-dealkylation sites (tertiary alicyclic amines) is 1. The second-order valence-electron chi connectivity index (χ2n) is 13.1. The van der Waals surface area contributed by atoms with E-state index in [1.807, 2.05) is 0 Å². The third kappa shape index (κ3) is 6.10. The second kappa shape index (κ2) is 9.58. The molecule has 1 saturated carbocycles. The highest BCUT2D eigenvalue weighted by molar-refractivity contribution is 6.45. The van der Waals surface area contributed by atoms with E-state index in [2.05, 4.69) is 65.6 Å². The van der Waals surface area contributed by atoms with Gasteiger partial charge in [-0.15, -0.1) is 0 Å². The van der Waals surface area contributed by atoms with Crippen molar-refractivity contribution in [2.24, 2.45) is 17.3 Å². The summed E-state index contributed by atoms with van der Waals surface area (Å²) in [6.07, 6.45) is 9.23. The van der Waals surface area contributed by atoms with Crippen molar-refractivity contribution < 1.29 is 14.1 Å². The maximum Gasteiger partial charge on any atom is 0.457 e. The Morgan fingerprint density at radius 3 is 2.16 bits per heavy atom. The molecule has 0 aromatic heterocycles. The summed E-state index contributed by atoms with van der Waals surface area (Å²) in [6.45, 7) is 20.4. The van der Waals surface area contributed by atoms with Crippen LogP contribution in [0.2, 0.25) is 6.32 Å². The minimum Gasteiger partial charge on any atom is -0.403 e. The Morgan fingerprint density at radius 2 is 1.59 bits per heavy atom. The molecule has 6 heteroatoms. The molecule has 32 heavy (non-hydrogen) atoms. The van der Waals surface area contributed by atoms with E-state index in [0.29, 0.717) is 11.8 Å². The van der Waals surface area contributed by atoms with Crippen LogP contribution in [-0.2, 0) is 14.1 Å². The molecule has 1 unspecified atom stereocenters. The Kier molecular flexibility index (Phi) is 7.79. The summed E-state index contributed by atoms with van der Waals surface area (Å²) in [7, 11) is -0.138. The van der Waals surface area contributed by atoms with Gasteiger partial charge in [0, 0.05) is 12.1 Å². The minimum atomic E-state index is -0.316. The van der Waals surface area contributed by atoms with Gasteiger partial charge in [-0.2, -0.15) is 0 Å². The predicted octanol–water partition coefficient (Wildman–Crippen LogP) is 5.29. The van der Waals surface area contributed by atoms with Crippen LogP contribution in [0.15, 0.2) is 0 Å². The zero-order valence-electron chi connectivity index (χ0n) is 22.2. The number of carbonyl (C=O) groups excluding carboxylic acids is 1. The summed E-state index contributed by atoms with van der Waals surface area (Å²) in [5.41, 5.74) is -1.06. The molecule has 0 aromatic carbocycles. The molecule has 2 aliphatic heterocycles. The average molecular weight is 449 g/mol. The SMILES string of the molecule is CC(C)(C)NC(=O)[C@@]1(C)C[C@H](CCB2OC(C)(C)C(C)(C)O2)CCC1CN1CCCCC1. The molecule has 1 aliphatic carbocycles. The van der Waals surface area contributed by atoms with Crippen molar-refractivity contribution in [1.82, 2.24) is 10.2 Å². The molecular formula is C26H49BN2O3. The maximum absolute atomic E-state index is 13.6. The number of nitrogens with zero attached hydrogens (tertiary/aromatic N) is 1. The first-order valence-corrected chi connectivity index (χ1v) is 13.1. The van der Waals surface area contributed by atoms with Gasteiger partial charge >= 0.3 is 7.12 Å². The van der Waals surface area contributed by atoms with E-state index >= 15 is 0 Å². The molecule has 3 fully saturated rings. The van der Waals surface area contributed by atoms with Crippen LogP contribution < -0.4 is 5.32 Å². The summed E-state index contributed by atoms with van der Waals surface area (Å²) in [5, 5.41) is 3.33. The van der Waals surface area contributed by atoms with E-state index in [1.165, 1.54) is 38.8 Å². The molecule has 184 valence electrons. The van der Waals surface area contributed by atoms with Gasteiger partial charge in [-0.1, -0.05) is 26.2 Å². The van der Waals surface area contributed by atoms with Crippen LogP contribution in [0.3, 0.4) is 0 Å². The van der Waals surface area contributed by atoms with Gasteiger partial charge in [0.15, 0.2) is 0 Å². The Bertz CT molecular complexity index is 638. The van der Waals surface area contributed by atoms with Crippen LogP contribution >= 0.6 is 0 Å². The van der Waals surface area contributed by atoms with Crippen molar-refractivity contribution in [1.29, 1.82) is 0 Å². The van der Waals surface area contributed by atoms with Crippen molar-refractivity contribution in [3.05, 3.63) is 0 Å². The van der Waals surface area contributed by atoms with E-state index in [4.69, 9.17) is 9.31 Å². The largest absolute Gasteiger partial charge is 0.457 e. The van der Waals surface area contributed by atoms with E-state index in [-0.39, 0.29) is 35.2 Å². The fraction of sp³-hybridized carbons (Fsp3) is 0.962. The lowest BCUT2D eigenvalue weighted by Gasteiger charge is -2.47. The minimum absolute atomic E-state index is 0.138. The molecule has 0 spiro atoms. The van der Waals surface area contributed by atoms with Gasteiger partial charge in [0.1, 0.15) is 0 Å². The molecule has 1 amide bonds. The quantitative estimate of drug-likeness (QED) is 0.561. The lowest BCUT2D eigenvalue weighted by molar-refractivity contribution is -0.139. The Morgan fingerprint density at radius 1 is 1.00 bits per heavy atom. The zero-order valence-corrected chi connectivity index (χ0v) is 22.2. The molecule has 3 rings (SSSR count). The number of carbonyl (C=O) groups is 1. The van der Waals surface area contributed by atoms with E-state index in [9.17, 15) is 4.79 Å². The lowest BCUT2D eigenvalue weighted by atomic mass is 9.61. The van der Waals surface area contributed by atoms with Gasteiger partial charge in [0.25, 0.3) is 0 Å². The third-order valence-electron chi connectivity index (χ3n) is 8.58. The van der Waals surface area contributed by atoms with E-state index in [1.54, 1.807) is 0 Å². The molecule has 5 nitrogen and oxygen atoms in total. The van der Waals surface area contributed by atoms with Crippen molar-refractivity contribution in [2.75, 3.05) is 19.6 Å². The highest BCUT2D eigenvalue weighted by atomic mass is 16.7. The van der Waals surface area contributed by atoms with Crippen LogP contribution in [0.25, 0.3) is 0 Å². The highest BCUT2D eigenvalue weighted by Gasteiger charge is 2.51. The molecule has 0 aromatic rings. The molecule has 0 bridgehead atoms. The number of hydrogen-bond donors (Lipinski definition) is 1. The first kappa shape index (κ1) is 26.0. The Labute approximate surface area is 197 Å². The van der Waals surface area contributed by atoms with Crippen molar-refractivity contribution >= 4 is 13.0 Å². The first-order valence-electron chi connectivity index (χ1n) is 13.1. The van der Waals surface area contributed by atoms with Crippen molar-refractivity contribution in [2.45, 2.75) is 123 Å². The normalized spacial score (nSPS) is 33.3. The van der Waals surface area contributed by atoms with E-state index in [0.717, 1.165) is 32.1 Å². The molecule has 0 radical (unpaired) electrons. The number of nitrogens with one attached hydrogen (secondary N) is 1. The third-order valence-corrected chi connectivity index (χ3v) is 8.58. The Hall–Kier alpha value is -0.585. The second-order valence-corrected chi connectivity index (χ2v) is 13.1. The fourth-order valence-electron chi connectivity index (χ4n) is 5.83. The van der Waals surface area contributed by atoms with Crippen LogP contribution in [0.1, 0.15) is 100 Å². The average Bonchev–Trinajstić information content (AvgIpc) is 2.88. The number of amides is 1. The van der Waals surface area contributed by atoms with Crippen LogP contribution in [-0.4, -0.2) is 54.3 Å². The lowest BCUT2D eigenvalue weighted by Crippen LogP contribution is -2.55. The Balaban J connectivity index is 1.65. The predicted molar refractivity (Wildman–Crippen MR) is 133 cm³/mol. The molecule has 2 saturated heterocycles. The highest BCUT2D eigenvalue weighted by Crippen LogP contribution is 2.47. The number of hydrogen-bond acceptors (Lipinski definition) is 4. The number of piperidine rings is 1. The van der Waals surface area contributed by atoms with Gasteiger partial charge < -0.3 is 19.5 Å². The van der Waals surface area contributed by atoms with Gasteiger partial charge in [0.2, 0.25) is 5.91 Å². The summed E-state index contributed by atoms with van der Waals surface area (Å²) >= 11 is 0. The summed E-state index contributed by atoms with van der Waals surface area (Å²) in [4.78, 5) is 16.2. The number of rotatable bonds is 6. The van der Waals surface area contributed by atoms with Crippen LogP contribution in [0.4, 0.5) is 0 Å². The van der Waals surface area contributed by atoms with Crippen molar-refractivity contribution in [3.8, 4) is 0 Å². The van der Waals surface area contributed by atoms with Crippen LogP contribution in [0.5, 0.6) is 0 Å². The fourth-order valence-corrected chi connectivity index (χ4v) is 5.83. The van der Waals surface area contributed by atoms with Gasteiger partial charge in [-0.05, 0) is 105 Å². The van der Waals surface area contributed by atoms with Crippen molar-refractivity contribution in [3.63, 3.8) is 0 Å². The molecule has 2 heterocycles. The summed E-state index contributed by atoms with van der Waals surface area (Å²) in [6, 6.07) is 0. The van der Waals surface area contributed by atoms with E-state index < -0.39 is 0 Å². The van der Waals surface area contributed by atoms with Gasteiger partial charge in [-0.25, -0.2) is 0 Å². The summed E-state index contributed by atoms with van der Waals surface area (Å²) in [5.74, 6) is 1.21. The molecule has 3 aliphatic rings. The molecule has 3 atom stereocenters. The summed E-state index contributed by atoms with van der Waals surface area (Å²) < 4.78 is 12.5. The topological polar surface area (TPSA) is 50.8 Å². The molecular weight excluding hydrogens is 399 g/mol. The van der Waals surface area contributed by atoms with Gasteiger partial charge in [-0.3, -0.25) is 4.79 Å². The smallest absolute Gasteiger partial charge is 0.403 e. The monoisotopic (exact) mass is 448 g/mol. The molecule has 1 N–H and O–H groups in total. The zero-order chi connectivity index (χ0) is 23.8. The first-order chi connectivity index (χ1) is 14.7. The standard InChI is InChI=1S/C26H49BN2O3/c1-23(2,3)28-22(30)26(8)18-20(12-13-21(26)19-29-16-10-9-11-17-29)14-15-27-31-24(4,5)25(6,7)32-27/h20-21H,9-19H2,1-8H3,(H,28,30)/t20-,21?,26-/m0/s1.